The number of aliphatic hydroxyl groups is 2. The Morgan fingerprint density at radius 2 is 0.944 bits per heavy atom. The van der Waals surface area contributed by atoms with Gasteiger partial charge in [-0.2, -0.15) is 0 Å². The minimum absolute atomic E-state index is 0.0542. The van der Waals surface area contributed by atoms with Crippen molar-refractivity contribution >= 4 is 13.8 Å². The van der Waals surface area contributed by atoms with E-state index in [-0.39, 0.29) is 25.6 Å². The summed E-state index contributed by atoms with van der Waals surface area (Å²) in [5, 5.41) is 18.3. The zero-order valence-corrected chi connectivity index (χ0v) is 36.1. The van der Waals surface area contributed by atoms with Gasteiger partial charge >= 0.3 is 13.8 Å². The SMILES string of the molecule is CCCCCCCCCC/C=C\CCCCCCCCCCCC(=O)OC(COCCCCCCCCCCCCCC)COP(=O)(O)OCC(O)CO. The molecule has 0 aliphatic heterocycles. The molecular formula is C44H87O9P. The van der Waals surface area contributed by atoms with Gasteiger partial charge in [-0.25, -0.2) is 4.57 Å². The molecule has 0 aliphatic rings. The molecule has 0 aromatic carbocycles. The van der Waals surface area contributed by atoms with Gasteiger partial charge in [-0.05, 0) is 38.5 Å². The number of phosphoric acid groups is 1. The van der Waals surface area contributed by atoms with E-state index in [1.807, 2.05) is 0 Å². The maximum absolute atomic E-state index is 12.6. The third-order valence-corrected chi connectivity index (χ3v) is 10.9. The first-order chi connectivity index (χ1) is 26.3. The van der Waals surface area contributed by atoms with Crippen LogP contribution in [0, 0.1) is 0 Å². The first-order valence-electron chi connectivity index (χ1n) is 22.7. The number of esters is 1. The van der Waals surface area contributed by atoms with Crippen LogP contribution < -0.4 is 0 Å². The molecule has 0 saturated carbocycles. The summed E-state index contributed by atoms with van der Waals surface area (Å²) < 4.78 is 33.4. The Bertz CT molecular complexity index is 856. The van der Waals surface area contributed by atoms with Gasteiger partial charge in [-0.1, -0.05) is 187 Å². The fourth-order valence-corrected chi connectivity index (χ4v) is 7.26. The lowest BCUT2D eigenvalue weighted by Gasteiger charge is -2.20. The summed E-state index contributed by atoms with van der Waals surface area (Å²) in [6.07, 6.45) is 41.7. The van der Waals surface area contributed by atoms with E-state index in [9.17, 15) is 19.4 Å². The van der Waals surface area contributed by atoms with Crippen LogP contribution in [-0.4, -0.2) is 66.3 Å². The second kappa shape index (κ2) is 41.8. The van der Waals surface area contributed by atoms with Gasteiger partial charge in [0.05, 0.1) is 26.4 Å². The maximum Gasteiger partial charge on any atom is 0.472 e. The zero-order valence-electron chi connectivity index (χ0n) is 35.2. The van der Waals surface area contributed by atoms with Gasteiger partial charge < -0.3 is 24.6 Å². The Labute approximate surface area is 332 Å². The van der Waals surface area contributed by atoms with Crippen LogP contribution in [0.3, 0.4) is 0 Å². The number of carbonyl (C=O) groups is 1. The van der Waals surface area contributed by atoms with Crippen LogP contribution in [0.2, 0.25) is 0 Å². The third kappa shape index (κ3) is 40.9. The van der Waals surface area contributed by atoms with Crippen LogP contribution in [-0.2, 0) is 27.9 Å². The molecule has 0 aromatic heterocycles. The van der Waals surface area contributed by atoms with Crippen molar-refractivity contribution in [3.8, 4) is 0 Å². The van der Waals surface area contributed by atoms with E-state index in [1.54, 1.807) is 0 Å². The van der Waals surface area contributed by atoms with Crippen LogP contribution in [0.5, 0.6) is 0 Å². The Morgan fingerprint density at radius 3 is 1.39 bits per heavy atom. The van der Waals surface area contributed by atoms with E-state index in [0.29, 0.717) is 6.61 Å². The quantitative estimate of drug-likeness (QED) is 0.0239. The van der Waals surface area contributed by atoms with Gasteiger partial charge in [-0.3, -0.25) is 13.8 Å². The van der Waals surface area contributed by atoms with Gasteiger partial charge in [0.1, 0.15) is 12.2 Å². The van der Waals surface area contributed by atoms with Crippen molar-refractivity contribution in [2.24, 2.45) is 0 Å². The van der Waals surface area contributed by atoms with E-state index < -0.39 is 33.2 Å². The molecule has 0 bridgehead atoms. The van der Waals surface area contributed by atoms with Gasteiger partial charge in [0.2, 0.25) is 0 Å². The number of hydrogen-bond donors (Lipinski definition) is 3. The van der Waals surface area contributed by atoms with E-state index in [2.05, 4.69) is 26.0 Å². The van der Waals surface area contributed by atoms with Gasteiger partial charge in [0.25, 0.3) is 0 Å². The molecule has 3 atom stereocenters. The summed E-state index contributed by atoms with van der Waals surface area (Å²) in [7, 11) is -4.51. The largest absolute Gasteiger partial charge is 0.472 e. The predicted octanol–water partition coefficient (Wildman–Crippen LogP) is 12.5. The number of ether oxygens (including phenoxy) is 2. The highest BCUT2D eigenvalue weighted by molar-refractivity contribution is 7.47. The average Bonchev–Trinajstić information content (AvgIpc) is 3.16. The number of carbonyl (C=O) groups excluding carboxylic acids is 1. The topological polar surface area (TPSA) is 132 Å². The summed E-state index contributed by atoms with van der Waals surface area (Å²) in [4.78, 5) is 22.6. The lowest BCUT2D eigenvalue weighted by atomic mass is 10.1. The smallest absolute Gasteiger partial charge is 0.457 e. The van der Waals surface area contributed by atoms with Crippen LogP contribution in [0.25, 0.3) is 0 Å². The van der Waals surface area contributed by atoms with E-state index in [1.165, 1.54) is 167 Å². The summed E-state index contributed by atoms with van der Waals surface area (Å²) in [5.74, 6) is -0.381. The molecule has 0 fully saturated rings. The predicted molar refractivity (Wildman–Crippen MR) is 224 cm³/mol. The second-order valence-electron chi connectivity index (χ2n) is 15.4. The average molecular weight is 791 g/mol. The molecule has 54 heavy (non-hydrogen) atoms. The third-order valence-electron chi connectivity index (χ3n) is 9.95. The normalized spacial score (nSPS) is 14.1. The molecule has 0 saturated heterocycles. The first kappa shape index (κ1) is 53.2. The van der Waals surface area contributed by atoms with Gasteiger partial charge in [0, 0.05) is 13.0 Å². The molecule has 0 aromatic rings. The van der Waals surface area contributed by atoms with E-state index >= 15 is 0 Å². The number of allylic oxidation sites excluding steroid dienone is 2. The van der Waals surface area contributed by atoms with Gasteiger partial charge in [-0.15, -0.1) is 0 Å². The summed E-state index contributed by atoms with van der Waals surface area (Å²) >= 11 is 0. The monoisotopic (exact) mass is 791 g/mol. The van der Waals surface area contributed by atoms with E-state index in [4.69, 9.17) is 23.6 Å². The summed E-state index contributed by atoms with van der Waals surface area (Å²) in [5.41, 5.74) is 0. The van der Waals surface area contributed by atoms with Crippen molar-refractivity contribution < 1.29 is 43.0 Å². The van der Waals surface area contributed by atoms with Crippen molar-refractivity contribution in [1.82, 2.24) is 0 Å². The number of phosphoric ester groups is 1. The molecule has 0 rings (SSSR count). The number of aliphatic hydroxyl groups excluding tert-OH is 2. The molecule has 0 amide bonds. The Morgan fingerprint density at radius 1 is 0.556 bits per heavy atom. The van der Waals surface area contributed by atoms with Crippen LogP contribution in [0.15, 0.2) is 12.2 Å². The molecular weight excluding hydrogens is 703 g/mol. The summed E-state index contributed by atoms with van der Waals surface area (Å²) in [6, 6.07) is 0. The highest BCUT2D eigenvalue weighted by atomic mass is 31.2. The maximum atomic E-state index is 12.6. The van der Waals surface area contributed by atoms with Crippen molar-refractivity contribution in [2.75, 3.05) is 33.0 Å². The Kier molecular flexibility index (Phi) is 41.2. The van der Waals surface area contributed by atoms with Gasteiger partial charge in [0.15, 0.2) is 0 Å². The molecule has 3 unspecified atom stereocenters. The molecule has 0 aliphatic carbocycles. The van der Waals surface area contributed by atoms with Crippen molar-refractivity contribution in [3.05, 3.63) is 12.2 Å². The zero-order chi connectivity index (χ0) is 39.6. The Hall–Kier alpha value is -0.800. The number of unbranched alkanes of at least 4 members (excludes halogenated alkanes) is 28. The van der Waals surface area contributed by atoms with Crippen molar-refractivity contribution in [3.63, 3.8) is 0 Å². The lowest BCUT2D eigenvalue weighted by molar-refractivity contribution is -0.154. The van der Waals surface area contributed by atoms with Crippen LogP contribution in [0.1, 0.15) is 219 Å². The molecule has 0 heterocycles. The highest BCUT2D eigenvalue weighted by Crippen LogP contribution is 2.43. The lowest BCUT2D eigenvalue weighted by Crippen LogP contribution is -2.29. The Balaban J connectivity index is 4.07. The molecule has 322 valence electrons. The van der Waals surface area contributed by atoms with Crippen molar-refractivity contribution in [1.29, 1.82) is 0 Å². The highest BCUT2D eigenvalue weighted by Gasteiger charge is 2.26. The number of rotatable bonds is 44. The molecule has 10 heteroatoms. The fraction of sp³-hybridized carbons (Fsp3) is 0.932. The second-order valence-corrected chi connectivity index (χ2v) is 16.9. The standard InChI is InChI=1S/C44H87O9P/c1-3-5-7-9-11-13-15-17-18-19-20-21-22-23-24-25-26-28-30-32-34-36-44(47)53-43(41-52-54(48,49)51-39-42(46)38-45)40-50-37-35-33-31-29-27-16-14-12-10-8-6-4-2/h19-20,42-43,45-46H,3-18,21-41H2,1-2H3,(H,48,49)/b20-19-. The molecule has 3 N–H and O–H groups in total. The minimum Gasteiger partial charge on any atom is -0.457 e. The minimum atomic E-state index is -4.51. The summed E-state index contributed by atoms with van der Waals surface area (Å²) in [6.45, 7) is 3.55. The first-order valence-corrected chi connectivity index (χ1v) is 24.2. The number of hydrogen-bond acceptors (Lipinski definition) is 8. The van der Waals surface area contributed by atoms with Crippen LogP contribution in [0.4, 0.5) is 0 Å². The van der Waals surface area contributed by atoms with Crippen LogP contribution >= 0.6 is 7.82 Å². The fourth-order valence-electron chi connectivity index (χ4n) is 6.47. The van der Waals surface area contributed by atoms with Crippen molar-refractivity contribution in [2.45, 2.75) is 232 Å². The van der Waals surface area contributed by atoms with E-state index in [0.717, 1.165) is 32.1 Å². The molecule has 9 nitrogen and oxygen atoms in total. The molecule has 0 radical (unpaired) electrons. The molecule has 0 spiro atoms.